The van der Waals surface area contributed by atoms with Crippen LogP contribution in [-0.4, -0.2) is 34.6 Å². The molecule has 0 unspecified atom stereocenters. The van der Waals surface area contributed by atoms with Crippen LogP contribution in [0.2, 0.25) is 0 Å². The number of carbonyl (C=O) groups is 2. The number of esters is 2. The molecule has 3 N–H and O–H groups in total. The number of aryl methyl sites for hydroxylation is 1. The van der Waals surface area contributed by atoms with Crippen molar-refractivity contribution in [1.82, 2.24) is 0 Å². The SMILES string of the molecule is COC(=O)/C=C(/Nc1ccc(C)c(S(N)(=O)=O)c1)C(=O)OC. The molecule has 22 heavy (non-hydrogen) atoms. The van der Waals surface area contributed by atoms with E-state index in [9.17, 15) is 18.0 Å². The molecule has 0 heterocycles. The van der Waals surface area contributed by atoms with Gasteiger partial charge in [-0.1, -0.05) is 6.07 Å². The van der Waals surface area contributed by atoms with Crippen LogP contribution in [0.3, 0.4) is 0 Å². The fourth-order valence-corrected chi connectivity index (χ4v) is 2.38. The van der Waals surface area contributed by atoms with Gasteiger partial charge < -0.3 is 14.8 Å². The Bertz CT molecular complexity index is 724. The predicted octanol–water partition coefficient (Wildman–Crippen LogP) is 0.284. The number of hydrogen-bond acceptors (Lipinski definition) is 7. The first-order chi connectivity index (χ1) is 10.2. The summed E-state index contributed by atoms with van der Waals surface area (Å²) in [5.41, 5.74) is 0.485. The highest BCUT2D eigenvalue weighted by Crippen LogP contribution is 2.20. The molecule has 9 heteroatoms. The maximum atomic E-state index is 11.6. The molecule has 1 rings (SSSR count). The zero-order valence-corrected chi connectivity index (χ0v) is 13.1. The van der Waals surface area contributed by atoms with Gasteiger partial charge in [0.25, 0.3) is 0 Å². The van der Waals surface area contributed by atoms with Crippen LogP contribution in [0, 0.1) is 6.92 Å². The van der Waals surface area contributed by atoms with Gasteiger partial charge in [0.2, 0.25) is 10.0 Å². The topological polar surface area (TPSA) is 125 Å². The quantitative estimate of drug-likeness (QED) is 0.587. The summed E-state index contributed by atoms with van der Waals surface area (Å²) in [4.78, 5) is 22.8. The van der Waals surface area contributed by atoms with E-state index in [0.717, 1.165) is 20.3 Å². The third-order valence-corrected chi connectivity index (χ3v) is 3.70. The number of carbonyl (C=O) groups excluding carboxylic acids is 2. The molecule has 0 radical (unpaired) electrons. The number of nitrogens with two attached hydrogens (primary N) is 1. The predicted molar refractivity (Wildman–Crippen MR) is 78.3 cm³/mol. The minimum absolute atomic E-state index is 0.0974. The van der Waals surface area contributed by atoms with Crippen LogP contribution in [0.4, 0.5) is 5.69 Å². The van der Waals surface area contributed by atoms with E-state index in [1.165, 1.54) is 18.2 Å². The number of nitrogens with one attached hydrogen (secondary N) is 1. The van der Waals surface area contributed by atoms with Crippen LogP contribution in [0.15, 0.2) is 34.9 Å². The van der Waals surface area contributed by atoms with Crippen LogP contribution in [-0.2, 0) is 29.1 Å². The molecule has 0 spiro atoms. The Hall–Kier alpha value is -2.39. The van der Waals surface area contributed by atoms with Crippen molar-refractivity contribution >= 4 is 27.6 Å². The van der Waals surface area contributed by atoms with Gasteiger partial charge in [0.05, 0.1) is 25.2 Å². The maximum Gasteiger partial charge on any atom is 0.354 e. The number of ether oxygens (including phenoxy) is 2. The van der Waals surface area contributed by atoms with E-state index in [2.05, 4.69) is 14.8 Å². The molecule has 0 aliphatic heterocycles. The van der Waals surface area contributed by atoms with E-state index < -0.39 is 22.0 Å². The maximum absolute atomic E-state index is 11.6. The summed E-state index contributed by atoms with van der Waals surface area (Å²) in [6, 6.07) is 4.28. The molecule has 120 valence electrons. The molecule has 0 saturated carbocycles. The van der Waals surface area contributed by atoms with Gasteiger partial charge in [0.15, 0.2) is 0 Å². The third kappa shape index (κ3) is 4.57. The lowest BCUT2D eigenvalue weighted by Crippen LogP contribution is -2.17. The molecule has 0 atom stereocenters. The Morgan fingerprint density at radius 2 is 1.86 bits per heavy atom. The molecular weight excluding hydrogens is 312 g/mol. The normalized spacial score (nSPS) is 11.7. The van der Waals surface area contributed by atoms with Crippen molar-refractivity contribution in [2.45, 2.75) is 11.8 Å². The monoisotopic (exact) mass is 328 g/mol. The summed E-state index contributed by atoms with van der Waals surface area (Å²) in [6.45, 7) is 1.58. The van der Waals surface area contributed by atoms with E-state index in [1.54, 1.807) is 6.92 Å². The fourth-order valence-electron chi connectivity index (χ4n) is 1.57. The zero-order valence-electron chi connectivity index (χ0n) is 12.2. The minimum atomic E-state index is -3.91. The van der Waals surface area contributed by atoms with Crippen LogP contribution in [0.25, 0.3) is 0 Å². The highest BCUT2D eigenvalue weighted by Gasteiger charge is 2.16. The van der Waals surface area contributed by atoms with Crippen LogP contribution < -0.4 is 10.5 Å². The van der Waals surface area contributed by atoms with Crippen LogP contribution in [0.5, 0.6) is 0 Å². The number of rotatable bonds is 5. The molecule has 1 aromatic rings. The zero-order chi connectivity index (χ0) is 16.9. The Labute approximate surface area is 127 Å². The number of benzene rings is 1. The van der Waals surface area contributed by atoms with Gasteiger partial charge in [0.1, 0.15) is 5.70 Å². The number of hydrogen-bond donors (Lipinski definition) is 2. The standard InChI is InChI=1S/C13H16N2O6S/c1-8-4-5-9(6-11(8)22(14,18)19)15-10(13(17)21-3)7-12(16)20-2/h4-7,15H,1-3H3,(H2,14,18,19)/b10-7+. The van der Waals surface area contributed by atoms with Gasteiger partial charge in [-0.2, -0.15) is 0 Å². The molecule has 0 fully saturated rings. The highest BCUT2D eigenvalue weighted by molar-refractivity contribution is 7.89. The van der Waals surface area contributed by atoms with Crippen molar-refractivity contribution in [3.8, 4) is 0 Å². The van der Waals surface area contributed by atoms with Crippen molar-refractivity contribution in [2.24, 2.45) is 5.14 Å². The van der Waals surface area contributed by atoms with E-state index >= 15 is 0 Å². The van der Waals surface area contributed by atoms with Gasteiger partial charge in [-0.3, -0.25) is 0 Å². The van der Waals surface area contributed by atoms with Crippen molar-refractivity contribution in [3.05, 3.63) is 35.5 Å². The lowest BCUT2D eigenvalue weighted by Gasteiger charge is -2.11. The Morgan fingerprint density at radius 1 is 1.23 bits per heavy atom. The fraction of sp³-hybridized carbons (Fsp3) is 0.231. The summed E-state index contributed by atoms with van der Waals surface area (Å²) in [6.07, 6.45) is 0.891. The minimum Gasteiger partial charge on any atom is -0.466 e. The second kappa shape index (κ2) is 7.05. The number of sulfonamides is 1. The average molecular weight is 328 g/mol. The lowest BCUT2D eigenvalue weighted by atomic mass is 10.2. The van der Waals surface area contributed by atoms with Gasteiger partial charge >= 0.3 is 11.9 Å². The molecule has 0 bridgehead atoms. The molecule has 1 aromatic carbocycles. The summed E-state index contributed by atoms with van der Waals surface area (Å²) < 4.78 is 31.9. The molecular formula is C13H16N2O6S. The van der Waals surface area contributed by atoms with Crippen molar-refractivity contribution in [1.29, 1.82) is 0 Å². The molecule has 0 aromatic heterocycles. The van der Waals surface area contributed by atoms with Crippen LogP contribution >= 0.6 is 0 Å². The molecule has 0 amide bonds. The molecule has 0 aliphatic carbocycles. The van der Waals surface area contributed by atoms with Crippen molar-refractivity contribution in [3.63, 3.8) is 0 Å². The van der Waals surface area contributed by atoms with Gasteiger partial charge in [-0.15, -0.1) is 0 Å². The van der Waals surface area contributed by atoms with Gasteiger partial charge in [0, 0.05) is 5.69 Å². The summed E-state index contributed by atoms with van der Waals surface area (Å²) in [5.74, 6) is -1.59. The number of primary sulfonamides is 1. The molecule has 8 nitrogen and oxygen atoms in total. The summed E-state index contributed by atoms with van der Waals surface area (Å²) >= 11 is 0. The van der Waals surface area contributed by atoms with Crippen molar-refractivity contribution in [2.75, 3.05) is 19.5 Å². The summed E-state index contributed by atoms with van der Waals surface area (Å²) in [5, 5.41) is 7.71. The Kier molecular flexibility index (Phi) is 5.66. The summed E-state index contributed by atoms with van der Waals surface area (Å²) in [7, 11) is -1.62. The Morgan fingerprint density at radius 3 is 2.36 bits per heavy atom. The van der Waals surface area contributed by atoms with E-state index in [4.69, 9.17) is 5.14 Å². The first kappa shape index (κ1) is 17.7. The molecule has 0 saturated heterocycles. The second-order valence-corrected chi connectivity index (χ2v) is 5.75. The largest absolute Gasteiger partial charge is 0.466 e. The van der Waals surface area contributed by atoms with E-state index in [1.807, 2.05) is 0 Å². The van der Waals surface area contributed by atoms with Gasteiger partial charge in [-0.05, 0) is 24.6 Å². The van der Waals surface area contributed by atoms with E-state index in [0.29, 0.717) is 5.56 Å². The van der Waals surface area contributed by atoms with E-state index in [-0.39, 0.29) is 16.3 Å². The first-order valence-electron chi connectivity index (χ1n) is 5.97. The lowest BCUT2D eigenvalue weighted by molar-refractivity contribution is -0.138. The Balaban J connectivity index is 3.23. The number of anilines is 1. The van der Waals surface area contributed by atoms with Crippen LogP contribution in [0.1, 0.15) is 5.56 Å². The smallest absolute Gasteiger partial charge is 0.354 e. The van der Waals surface area contributed by atoms with Crippen molar-refractivity contribution < 1.29 is 27.5 Å². The third-order valence-electron chi connectivity index (χ3n) is 2.64. The first-order valence-corrected chi connectivity index (χ1v) is 7.52. The molecule has 0 aliphatic rings. The average Bonchev–Trinajstić information content (AvgIpc) is 2.46. The number of methoxy groups -OCH3 is 2. The van der Waals surface area contributed by atoms with Gasteiger partial charge in [-0.25, -0.2) is 23.1 Å². The highest BCUT2D eigenvalue weighted by atomic mass is 32.2. The second-order valence-electron chi connectivity index (χ2n) is 4.22.